The molecular formula is C9H19NO3. The first-order valence-electron chi connectivity index (χ1n) is 4.78. The number of rotatable bonds is 4. The van der Waals surface area contributed by atoms with Crippen LogP contribution in [0.1, 0.15) is 19.8 Å². The van der Waals surface area contributed by atoms with Crippen molar-refractivity contribution < 1.29 is 14.9 Å². The first kappa shape index (κ1) is 10.9. The van der Waals surface area contributed by atoms with Crippen LogP contribution in [0.4, 0.5) is 0 Å². The summed E-state index contributed by atoms with van der Waals surface area (Å²) >= 11 is 0. The van der Waals surface area contributed by atoms with Gasteiger partial charge in [0.2, 0.25) is 0 Å². The SMILES string of the molecule is CC(O)(CO)CNC1CCCOC1. The van der Waals surface area contributed by atoms with Crippen LogP contribution in [0.5, 0.6) is 0 Å². The monoisotopic (exact) mass is 189 g/mol. The molecule has 0 bridgehead atoms. The van der Waals surface area contributed by atoms with Gasteiger partial charge in [0, 0.05) is 19.2 Å². The van der Waals surface area contributed by atoms with Crippen molar-refractivity contribution in [3.05, 3.63) is 0 Å². The zero-order valence-electron chi connectivity index (χ0n) is 8.12. The first-order valence-corrected chi connectivity index (χ1v) is 4.78. The van der Waals surface area contributed by atoms with Gasteiger partial charge >= 0.3 is 0 Å². The van der Waals surface area contributed by atoms with Gasteiger partial charge < -0.3 is 20.3 Å². The summed E-state index contributed by atoms with van der Waals surface area (Å²) in [5.74, 6) is 0. The molecular weight excluding hydrogens is 170 g/mol. The van der Waals surface area contributed by atoms with Gasteiger partial charge in [0.05, 0.1) is 18.8 Å². The maximum atomic E-state index is 9.50. The van der Waals surface area contributed by atoms with Crippen molar-refractivity contribution in [3.63, 3.8) is 0 Å². The van der Waals surface area contributed by atoms with E-state index in [1.165, 1.54) is 0 Å². The maximum absolute atomic E-state index is 9.50. The molecule has 13 heavy (non-hydrogen) atoms. The van der Waals surface area contributed by atoms with Crippen LogP contribution in [0.2, 0.25) is 0 Å². The summed E-state index contributed by atoms with van der Waals surface area (Å²) < 4.78 is 5.27. The van der Waals surface area contributed by atoms with Crippen molar-refractivity contribution in [2.45, 2.75) is 31.4 Å². The Bertz CT molecular complexity index is 144. The van der Waals surface area contributed by atoms with Gasteiger partial charge in [-0.3, -0.25) is 0 Å². The summed E-state index contributed by atoms with van der Waals surface area (Å²) in [7, 11) is 0. The zero-order chi connectivity index (χ0) is 9.73. The molecule has 0 saturated carbocycles. The fourth-order valence-corrected chi connectivity index (χ4v) is 1.32. The van der Waals surface area contributed by atoms with Crippen molar-refractivity contribution in [3.8, 4) is 0 Å². The molecule has 0 aromatic rings. The van der Waals surface area contributed by atoms with Crippen molar-refractivity contribution in [2.75, 3.05) is 26.4 Å². The predicted molar refractivity (Wildman–Crippen MR) is 49.6 cm³/mol. The fraction of sp³-hybridized carbons (Fsp3) is 1.00. The van der Waals surface area contributed by atoms with Gasteiger partial charge in [-0.15, -0.1) is 0 Å². The van der Waals surface area contributed by atoms with E-state index in [-0.39, 0.29) is 6.61 Å². The summed E-state index contributed by atoms with van der Waals surface area (Å²) in [5.41, 5.74) is -1.02. The third-order valence-electron chi connectivity index (χ3n) is 2.27. The first-order chi connectivity index (χ1) is 6.14. The Labute approximate surface area is 78.9 Å². The van der Waals surface area contributed by atoms with E-state index in [0.717, 1.165) is 19.4 Å². The molecule has 2 atom stereocenters. The molecule has 1 rings (SSSR count). The molecule has 1 saturated heterocycles. The minimum Gasteiger partial charge on any atom is -0.393 e. The molecule has 1 fully saturated rings. The predicted octanol–water partition coefficient (Wildman–Crippen LogP) is -0.502. The highest BCUT2D eigenvalue weighted by Gasteiger charge is 2.21. The average molecular weight is 189 g/mol. The van der Waals surface area contributed by atoms with Gasteiger partial charge in [0.15, 0.2) is 0 Å². The molecule has 1 aliphatic heterocycles. The van der Waals surface area contributed by atoms with Crippen LogP contribution >= 0.6 is 0 Å². The lowest BCUT2D eigenvalue weighted by Gasteiger charge is -2.27. The number of hydrogen-bond donors (Lipinski definition) is 3. The third kappa shape index (κ3) is 4.04. The van der Waals surface area contributed by atoms with Gasteiger partial charge in [-0.25, -0.2) is 0 Å². The summed E-state index contributed by atoms with van der Waals surface area (Å²) in [6, 6.07) is 0.326. The van der Waals surface area contributed by atoms with Crippen LogP contribution < -0.4 is 5.32 Å². The summed E-state index contributed by atoms with van der Waals surface area (Å²) in [6.45, 7) is 3.37. The smallest absolute Gasteiger partial charge is 0.0972 e. The lowest BCUT2D eigenvalue weighted by Crippen LogP contribution is -2.47. The zero-order valence-corrected chi connectivity index (χ0v) is 8.12. The Balaban J connectivity index is 2.17. The average Bonchev–Trinajstić information content (AvgIpc) is 2.17. The van der Waals surface area contributed by atoms with Crippen LogP contribution in [0.25, 0.3) is 0 Å². The second-order valence-electron chi connectivity index (χ2n) is 3.95. The van der Waals surface area contributed by atoms with Crippen molar-refractivity contribution in [1.82, 2.24) is 5.32 Å². The normalized spacial score (nSPS) is 28.4. The second-order valence-corrected chi connectivity index (χ2v) is 3.95. The number of hydrogen-bond acceptors (Lipinski definition) is 4. The highest BCUT2D eigenvalue weighted by molar-refractivity contribution is 4.78. The van der Waals surface area contributed by atoms with E-state index in [2.05, 4.69) is 5.32 Å². The lowest BCUT2D eigenvalue weighted by atomic mass is 10.1. The Kier molecular flexibility index (Phi) is 4.12. The van der Waals surface area contributed by atoms with E-state index in [1.807, 2.05) is 0 Å². The van der Waals surface area contributed by atoms with Gasteiger partial charge in [-0.2, -0.15) is 0 Å². The molecule has 0 radical (unpaired) electrons. The molecule has 0 spiro atoms. The molecule has 4 heteroatoms. The quantitative estimate of drug-likeness (QED) is 0.558. The number of aliphatic hydroxyl groups is 2. The minimum atomic E-state index is -1.02. The maximum Gasteiger partial charge on any atom is 0.0972 e. The largest absolute Gasteiger partial charge is 0.393 e. The van der Waals surface area contributed by atoms with E-state index in [0.29, 0.717) is 19.2 Å². The Morgan fingerprint density at radius 1 is 1.62 bits per heavy atom. The third-order valence-corrected chi connectivity index (χ3v) is 2.27. The van der Waals surface area contributed by atoms with Crippen molar-refractivity contribution in [2.24, 2.45) is 0 Å². The molecule has 2 unspecified atom stereocenters. The Hall–Kier alpha value is -0.160. The molecule has 3 N–H and O–H groups in total. The van der Waals surface area contributed by atoms with Gasteiger partial charge in [0.25, 0.3) is 0 Å². The fourth-order valence-electron chi connectivity index (χ4n) is 1.32. The van der Waals surface area contributed by atoms with Crippen molar-refractivity contribution in [1.29, 1.82) is 0 Å². The van der Waals surface area contributed by atoms with Crippen LogP contribution in [0, 0.1) is 0 Å². The van der Waals surface area contributed by atoms with Crippen LogP contribution in [-0.4, -0.2) is 48.2 Å². The molecule has 0 aromatic heterocycles. The molecule has 0 aromatic carbocycles. The summed E-state index contributed by atoms with van der Waals surface area (Å²) in [4.78, 5) is 0. The molecule has 0 amide bonds. The Morgan fingerprint density at radius 3 is 2.92 bits per heavy atom. The molecule has 1 aliphatic rings. The lowest BCUT2D eigenvalue weighted by molar-refractivity contribution is -0.00639. The van der Waals surface area contributed by atoms with Gasteiger partial charge in [-0.05, 0) is 19.8 Å². The van der Waals surface area contributed by atoms with Gasteiger partial charge in [0.1, 0.15) is 0 Å². The standard InChI is InChI=1S/C9H19NO3/c1-9(12,7-11)6-10-8-3-2-4-13-5-8/h8,10-12H,2-7H2,1H3. The summed E-state index contributed by atoms with van der Waals surface area (Å²) in [5, 5.41) is 21.5. The summed E-state index contributed by atoms with van der Waals surface area (Å²) in [6.07, 6.45) is 2.15. The van der Waals surface area contributed by atoms with Gasteiger partial charge in [-0.1, -0.05) is 0 Å². The van der Waals surface area contributed by atoms with Crippen LogP contribution in [0.3, 0.4) is 0 Å². The molecule has 4 nitrogen and oxygen atoms in total. The van der Waals surface area contributed by atoms with Crippen LogP contribution in [0.15, 0.2) is 0 Å². The van der Waals surface area contributed by atoms with E-state index < -0.39 is 5.60 Å². The highest BCUT2D eigenvalue weighted by atomic mass is 16.5. The Morgan fingerprint density at radius 2 is 2.38 bits per heavy atom. The van der Waals surface area contributed by atoms with E-state index >= 15 is 0 Å². The van der Waals surface area contributed by atoms with Crippen LogP contribution in [-0.2, 0) is 4.74 Å². The second kappa shape index (κ2) is 4.91. The van der Waals surface area contributed by atoms with E-state index in [1.54, 1.807) is 6.92 Å². The van der Waals surface area contributed by atoms with E-state index in [9.17, 15) is 5.11 Å². The molecule has 1 heterocycles. The topological polar surface area (TPSA) is 61.7 Å². The van der Waals surface area contributed by atoms with Crippen molar-refractivity contribution >= 4 is 0 Å². The molecule has 78 valence electrons. The number of aliphatic hydroxyl groups excluding tert-OH is 1. The van der Waals surface area contributed by atoms with E-state index in [4.69, 9.17) is 9.84 Å². The number of ether oxygens (including phenoxy) is 1. The molecule has 0 aliphatic carbocycles. The number of nitrogens with one attached hydrogen (secondary N) is 1. The highest BCUT2D eigenvalue weighted by Crippen LogP contribution is 2.07. The minimum absolute atomic E-state index is 0.215.